The van der Waals surface area contributed by atoms with Gasteiger partial charge in [-0.2, -0.15) is 5.10 Å². The lowest BCUT2D eigenvalue weighted by Gasteiger charge is -2.38. The monoisotopic (exact) mass is 501 g/mol. The quantitative estimate of drug-likeness (QED) is 0.163. The summed E-state index contributed by atoms with van der Waals surface area (Å²) in [6, 6.07) is 24.6. The molecule has 0 spiro atoms. The van der Waals surface area contributed by atoms with Gasteiger partial charge in [0.25, 0.3) is 5.91 Å². The maximum Gasteiger partial charge on any atom is 0.253 e. The van der Waals surface area contributed by atoms with Gasteiger partial charge in [-0.05, 0) is 73.2 Å². The molecule has 6 heteroatoms. The van der Waals surface area contributed by atoms with Crippen LogP contribution in [0.1, 0.15) is 48.9 Å². The Morgan fingerprint density at radius 2 is 1.86 bits per heavy atom. The number of hydrogen-bond acceptors (Lipinski definition) is 4. The number of fused-ring (bicyclic) bond motifs is 3. The van der Waals surface area contributed by atoms with Crippen molar-refractivity contribution < 1.29 is 4.79 Å². The molecule has 2 aliphatic rings. The number of thioether (sulfide) groups is 1. The lowest BCUT2D eigenvalue weighted by atomic mass is 9.76. The molecule has 0 fully saturated rings. The largest absolute Gasteiger partial charge is 0.378 e. The highest BCUT2D eigenvalue weighted by Gasteiger charge is 2.38. The summed E-state index contributed by atoms with van der Waals surface area (Å²) in [4.78, 5) is 13.7. The van der Waals surface area contributed by atoms with Crippen LogP contribution in [-0.2, 0) is 4.79 Å². The van der Waals surface area contributed by atoms with Crippen molar-refractivity contribution in [3.05, 3.63) is 107 Å². The van der Waals surface area contributed by atoms with Crippen LogP contribution in [0.25, 0.3) is 0 Å². The van der Waals surface area contributed by atoms with Crippen LogP contribution in [0.2, 0.25) is 5.02 Å². The Labute approximate surface area is 215 Å². The summed E-state index contributed by atoms with van der Waals surface area (Å²) in [5.41, 5.74) is 8.06. The first-order valence-corrected chi connectivity index (χ1v) is 13.1. The second-order valence-electron chi connectivity index (χ2n) is 9.05. The van der Waals surface area contributed by atoms with Crippen LogP contribution in [0.4, 0.5) is 5.69 Å². The molecular formula is C29H28ClN3OS. The first-order chi connectivity index (χ1) is 17.0. The Morgan fingerprint density at radius 1 is 1.09 bits per heavy atom. The lowest BCUT2D eigenvalue weighted by Crippen LogP contribution is -2.29. The zero-order chi connectivity index (χ0) is 24.4. The average molecular weight is 502 g/mol. The molecular weight excluding hydrogens is 474 g/mol. The molecule has 0 aromatic heterocycles. The first-order valence-electron chi connectivity index (χ1n) is 11.9. The van der Waals surface area contributed by atoms with Gasteiger partial charge in [-0.25, -0.2) is 5.43 Å². The highest BCUT2D eigenvalue weighted by Crippen LogP contribution is 2.50. The van der Waals surface area contributed by atoms with Crippen LogP contribution in [0.15, 0.2) is 94.9 Å². The molecule has 0 unspecified atom stereocenters. The number of anilines is 1. The van der Waals surface area contributed by atoms with Gasteiger partial charge in [0.1, 0.15) is 0 Å². The zero-order valence-electron chi connectivity index (χ0n) is 19.7. The highest BCUT2D eigenvalue weighted by atomic mass is 35.5. The van der Waals surface area contributed by atoms with Gasteiger partial charge in [-0.3, -0.25) is 4.79 Å². The summed E-state index contributed by atoms with van der Waals surface area (Å²) in [5, 5.41) is 8.71. The van der Waals surface area contributed by atoms with Crippen LogP contribution in [0.3, 0.4) is 0 Å². The third kappa shape index (κ3) is 5.02. The van der Waals surface area contributed by atoms with Crippen molar-refractivity contribution in [2.75, 3.05) is 5.32 Å². The van der Waals surface area contributed by atoms with Crippen molar-refractivity contribution in [3.63, 3.8) is 0 Å². The van der Waals surface area contributed by atoms with E-state index >= 15 is 0 Å². The number of halogens is 1. The van der Waals surface area contributed by atoms with E-state index in [0.29, 0.717) is 11.8 Å². The molecule has 5 rings (SSSR count). The number of nitrogens with zero attached hydrogens (tertiary/aromatic N) is 1. The molecule has 1 heterocycles. The van der Waals surface area contributed by atoms with Crippen LogP contribution < -0.4 is 10.7 Å². The molecule has 3 aromatic rings. The van der Waals surface area contributed by atoms with Crippen molar-refractivity contribution >= 4 is 40.7 Å². The Bertz CT molecular complexity index is 1290. The number of amides is 1. The highest BCUT2D eigenvalue weighted by molar-refractivity contribution is 8.00. The van der Waals surface area contributed by atoms with E-state index in [2.05, 4.69) is 52.3 Å². The minimum atomic E-state index is -0.243. The fourth-order valence-corrected chi connectivity index (χ4v) is 6.04. The van der Waals surface area contributed by atoms with Gasteiger partial charge in [0.15, 0.2) is 0 Å². The first kappa shape index (κ1) is 23.7. The summed E-state index contributed by atoms with van der Waals surface area (Å²) >= 11 is 8.08. The van der Waals surface area contributed by atoms with Crippen molar-refractivity contribution in [1.29, 1.82) is 0 Å². The molecule has 4 atom stereocenters. The topological polar surface area (TPSA) is 53.5 Å². The Balaban J connectivity index is 1.32. The number of benzene rings is 3. The number of carbonyl (C=O) groups is 1. The molecule has 0 saturated carbocycles. The molecule has 178 valence electrons. The van der Waals surface area contributed by atoms with Gasteiger partial charge >= 0.3 is 0 Å². The summed E-state index contributed by atoms with van der Waals surface area (Å²) < 4.78 is 0. The number of rotatable bonds is 6. The molecule has 4 nitrogen and oxygen atoms in total. The van der Waals surface area contributed by atoms with Crippen LogP contribution in [0.5, 0.6) is 0 Å². The Kier molecular flexibility index (Phi) is 6.98. The summed E-state index contributed by atoms with van der Waals surface area (Å²) in [7, 11) is 0. The van der Waals surface area contributed by atoms with E-state index in [0.717, 1.165) is 38.9 Å². The third-order valence-electron chi connectivity index (χ3n) is 6.78. The number of hydrazone groups is 1. The minimum Gasteiger partial charge on any atom is -0.378 e. The van der Waals surface area contributed by atoms with E-state index < -0.39 is 0 Å². The number of hydrogen-bond donors (Lipinski definition) is 2. The fraction of sp³-hybridized carbons (Fsp3) is 0.241. The second kappa shape index (κ2) is 10.3. The summed E-state index contributed by atoms with van der Waals surface area (Å²) in [6.07, 6.45) is 5.60. The molecule has 1 aliphatic carbocycles. The SMILES string of the molecule is C/C(=N/NC(=O)[C@H](C)Sc1ccccc1)c1ccc2c(c1)[C@@H]1C=CC[C@@H]1[C@H](c1ccccc1Cl)N2. The summed E-state index contributed by atoms with van der Waals surface area (Å²) in [6.45, 7) is 3.83. The van der Waals surface area contributed by atoms with Gasteiger partial charge in [0.05, 0.1) is 17.0 Å². The smallest absolute Gasteiger partial charge is 0.253 e. The number of carbonyl (C=O) groups excluding carboxylic acids is 1. The van der Waals surface area contributed by atoms with Crippen molar-refractivity contribution in [2.24, 2.45) is 11.0 Å². The van der Waals surface area contributed by atoms with Crippen molar-refractivity contribution in [3.8, 4) is 0 Å². The van der Waals surface area contributed by atoms with Crippen molar-refractivity contribution in [2.45, 2.75) is 42.4 Å². The van der Waals surface area contributed by atoms with Gasteiger partial charge in [-0.1, -0.05) is 66.2 Å². The molecule has 0 saturated heterocycles. The second-order valence-corrected chi connectivity index (χ2v) is 10.9. The predicted octanol–water partition coefficient (Wildman–Crippen LogP) is 7.19. The lowest BCUT2D eigenvalue weighted by molar-refractivity contribution is -0.120. The zero-order valence-corrected chi connectivity index (χ0v) is 21.3. The predicted molar refractivity (Wildman–Crippen MR) is 146 cm³/mol. The molecule has 2 N–H and O–H groups in total. The van der Waals surface area contributed by atoms with E-state index in [1.807, 2.05) is 62.4 Å². The van der Waals surface area contributed by atoms with Crippen LogP contribution in [0, 0.1) is 5.92 Å². The fourth-order valence-electron chi connectivity index (χ4n) is 4.91. The molecule has 0 bridgehead atoms. The van der Waals surface area contributed by atoms with E-state index in [1.54, 1.807) is 0 Å². The Morgan fingerprint density at radius 3 is 2.66 bits per heavy atom. The average Bonchev–Trinajstić information content (AvgIpc) is 3.38. The third-order valence-corrected chi connectivity index (χ3v) is 8.24. The molecule has 1 amide bonds. The minimum absolute atomic E-state index is 0.112. The van der Waals surface area contributed by atoms with Gasteiger partial charge in [0, 0.05) is 21.5 Å². The normalized spacial score (nSPS) is 21.6. The standard InChI is InChI=1S/C29H28ClN3OS/c1-18(32-33-29(34)19(2)35-21-9-4-3-5-10-21)20-15-16-27-25(17-20)22-12-8-13-23(22)28(31-27)24-11-6-7-14-26(24)30/h3-12,14-17,19,22-23,28,31H,13H2,1-2H3,(H,33,34)/b32-18-/t19-,22+,23-,28+/m0/s1. The van der Waals surface area contributed by atoms with Crippen LogP contribution >= 0.6 is 23.4 Å². The molecule has 0 radical (unpaired) electrons. The van der Waals surface area contributed by atoms with Gasteiger partial charge < -0.3 is 5.32 Å². The van der Waals surface area contributed by atoms with E-state index in [4.69, 9.17) is 11.6 Å². The van der Waals surface area contributed by atoms with Crippen molar-refractivity contribution in [1.82, 2.24) is 5.43 Å². The van der Waals surface area contributed by atoms with E-state index in [1.165, 1.54) is 17.3 Å². The van der Waals surface area contributed by atoms with E-state index in [9.17, 15) is 4.79 Å². The number of nitrogens with one attached hydrogen (secondary N) is 2. The van der Waals surface area contributed by atoms with Gasteiger partial charge in [-0.15, -0.1) is 11.8 Å². The van der Waals surface area contributed by atoms with Crippen LogP contribution in [-0.4, -0.2) is 16.9 Å². The molecule has 35 heavy (non-hydrogen) atoms. The van der Waals surface area contributed by atoms with E-state index in [-0.39, 0.29) is 17.2 Å². The maximum atomic E-state index is 12.6. The Hall–Kier alpha value is -3.02. The molecule has 1 aliphatic heterocycles. The number of allylic oxidation sites excluding steroid dienone is 2. The van der Waals surface area contributed by atoms with Gasteiger partial charge in [0.2, 0.25) is 0 Å². The summed E-state index contributed by atoms with van der Waals surface area (Å²) in [5.74, 6) is 0.613. The molecule has 3 aromatic carbocycles. The maximum absolute atomic E-state index is 12.6.